The number of H-pyrrole nitrogens is 1. The number of carbonyl (C=O) groups is 2. The van der Waals surface area contributed by atoms with Crippen LogP contribution in [0.4, 0.5) is 5.82 Å². The van der Waals surface area contributed by atoms with E-state index in [0.717, 1.165) is 0 Å². The van der Waals surface area contributed by atoms with Gasteiger partial charge in [-0.05, 0) is 13.8 Å². The number of carbonyl (C=O) groups excluding carboxylic acids is 2. The van der Waals surface area contributed by atoms with Crippen LogP contribution in [0.15, 0.2) is 23.2 Å². The van der Waals surface area contributed by atoms with Crippen molar-refractivity contribution in [3.05, 3.63) is 30.0 Å². The zero-order valence-corrected chi connectivity index (χ0v) is 11.2. The number of aromatic nitrogens is 3. The molecule has 2 aromatic rings. The Morgan fingerprint density at radius 1 is 1.40 bits per heavy atom. The molecule has 20 heavy (non-hydrogen) atoms. The largest absolute Gasteiger partial charge is 0.363 e. The number of aromatic amines is 1. The van der Waals surface area contributed by atoms with E-state index in [2.05, 4.69) is 25.0 Å². The Kier molecular flexibility index (Phi) is 4.14. The number of imidazole rings is 1. The molecule has 0 radical (unpaired) electrons. The summed E-state index contributed by atoms with van der Waals surface area (Å²) in [6.45, 7) is 4.84. The highest BCUT2D eigenvalue weighted by atomic mass is 16.5. The van der Waals surface area contributed by atoms with Crippen LogP contribution in [0, 0.1) is 0 Å². The van der Waals surface area contributed by atoms with Crippen molar-refractivity contribution in [2.24, 2.45) is 0 Å². The van der Waals surface area contributed by atoms with E-state index in [9.17, 15) is 9.59 Å². The zero-order valence-electron chi connectivity index (χ0n) is 11.2. The van der Waals surface area contributed by atoms with Crippen LogP contribution in [0.2, 0.25) is 0 Å². The van der Waals surface area contributed by atoms with Gasteiger partial charge in [-0.1, -0.05) is 5.16 Å². The highest BCUT2D eigenvalue weighted by molar-refractivity contribution is 6.09. The third kappa shape index (κ3) is 2.68. The molecule has 0 aromatic carbocycles. The van der Waals surface area contributed by atoms with Gasteiger partial charge in [-0.2, -0.15) is 0 Å². The van der Waals surface area contributed by atoms with Gasteiger partial charge in [0, 0.05) is 19.2 Å². The third-order valence-corrected chi connectivity index (χ3v) is 2.80. The summed E-state index contributed by atoms with van der Waals surface area (Å²) in [5, 5.41) is 6.07. The SMILES string of the molecule is CCN(CC)C(=O)c1[nH]cnc1C(=O)Nc1ccon1. The van der Waals surface area contributed by atoms with Crippen molar-refractivity contribution in [1.82, 2.24) is 20.0 Å². The third-order valence-electron chi connectivity index (χ3n) is 2.80. The van der Waals surface area contributed by atoms with Crippen LogP contribution in [0.5, 0.6) is 0 Å². The lowest BCUT2D eigenvalue weighted by molar-refractivity contribution is 0.0762. The minimum absolute atomic E-state index is 0.0323. The summed E-state index contributed by atoms with van der Waals surface area (Å²) in [6, 6.07) is 1.50. The fraction of sp³-hybridized carbons (Fsp3) is 0.333. The van der Waals surface area contributed by atoms with Gasteiger partial charge in [-0.3, -0.25) is 9.59 Å². The maximum Gasteiger partial charge on any atom is 0.277 e. The predicted molar refractivity (Wildman–Crippen MR) is 70.3 cm³/mol. The molecule has 0 atom stereocenters. The molecule has 0 fully saturated rings. The number of amides is 2. The van der Waals surface area contributed by atoms with Crippen LogP contribution in [-0.4, -0.2) is 44.9 Å². The number of rotatable bonds is 5. The van der Waals surface area contributed by atoms with Crippen molar-refractivity contribution in [2.75, 3.05) is 18.4 Å². The molecule has 0 aliphatic rings. The van der Waals surface area contributed by atoms with Crippen LogP contribution in [0.25, 0.3) is 0 Å². The zero-order chi connectivity index (χ0) is 14.5. The molecule has 0 aliphatic carbocycles. The average Bonchev–Trinajstić information content (AvgIpc) is 3.10. The molecule has 2 amide bonds. The van der Waals surface area contributed by atoms with Crippen molar-refractivity contribution in [1.29, 1.82) is 0 Å². The molecule has 2 rings (SSSR count). The second-order valence-corrected chi connectivity index (χ2v) is 3.94. The lowest BCUT2D eigenvalue weighted by Gasteiger charge is -2.17. The van der Waals surface area contributed by atoms with E-state index in [-0.39, 0.29) is 23.1 Å². The van der Waals surface area contributed by atoms with Gasteiger partial charge in [0.15, 0.2) is 11.5 Å². The normalized spacial score (nSPS) is 10.3. The molecular formula is C12H15N5O3. The topological polar surface area (TPSA) is 104 Å². The van der Waals surface area contributed by atoms with E-state index in [4.69, 9.17) is 0 Å². The Balaban J connectivity index is 2.19. The first-order valence-corrected chi connectivity index (χ1v) is 6.21. The van der Waals surface area contributed by atoms with Crippen LogP contribution < -0.4 is 5.32 Å². The molecule has 0 bridgehead atoms. The van der Waals surface area contributed by atoms with Crippen molar-refractivity contribution >= 4 is 17.6 Å². The van der Waals surface area contributed by atoms with Crippen LogP contribution in [-0.2, 0) is 0 Å². The average molecular weight is 277 g/mol. The van der Waals surface area contributed by atoms with Crippen LogP contribution in [0.1, 0.15) is 34.8 Å². The Labute approximate surface area is 115 Å². The maximum atomic E-state index is 12.2. The van der Waals surface area contributed by atoms with Crippen LogP contribution >= 0.6 is 0 Å². The molecule has 0 unspecified atom stereocenters. The number of hydrogen-bond donors (Lipinski definition) is 2. The smallest absolute Gasteiger partial charge is 0.277 e. The van der Waals surface area contributed by atoms with Gasteiger partial charge >= 0.3 is 0 Å². The summed E-state index contributed by atoms with van der Waals surface area (Å²) in [5.74, 6) is -0.521. The highest BCUT2D eigenvalue weighted by Crippen LogP contribution is 2.10. The number of nitrogens with one attached hydrogen (secondary N) is 2. The number of nitrogens with zero attached hydrogens (tertiary/aromatic N) is 3. The van der Waals surface area contributed by atoms with E-state index in [1.807, 2.05) is 13.8 Å². The van der Waals surface area contributed by atoms with E-state index < -0.39 is 5.91 Å². The number of anilines is 1. The molecule has 0 spiro atoms. The quantitative estimate of drug-likeness (QED) is 0.852. The monoisotopic (exact) mass is 277 g/mol. The lowest BCUT2D eigenvalue weighted by Crippen LogP contribution is -2.32. The van der Waals surface area contributed by atoms with Gasteiger partial charge in [0.1, 0.15) is 12.0 Å². The molecule has 8 heteroatoms. The Morgan fingerprint density at radius 2 is 2.15 bits per heavy atom. The Bertz CT molecular complexity index is 586. The van der Waals surface area contributed by atoms with E-state index >= 15 is 0 Å². The minimum atomic E-state index is -0.518. The van der Waals surface area contributed by atoms with Gasteiger partial charge < -0.3 is 19.7 Å². The minimum Gasteiger partial charge on any atom is -0.363 e. The molecule has 2 aromatic heterocycles. The molecular weight excluding hydrogens is 262 g/mol. The first kappa shape index (κ1) is 13.8. The number of hydrogen-bond acceptors (Lipinski definition) is 5. The second-order valence-electron chi connectivity index (χ2n) is 3.94. The first-order valence-electron chi connectivity index (χ1n) is 6.21. The maximum absolute atomic E-state index is 12.2. The highest BCUT2D eigenvalue weighted by Gasteiger charge is 2.23. The Hall–Kier alpha value is -2.64. The van der Waals surface area contributed by atoms with Gasteiger partial charge in [0.05, 0.1) is 6.33 Å². The summed E-state index contributed by atoms with van der Waals surface area (Å²) < 4.78 is 4.62. The van der Waals surface area contributed by atoms with E-state index in [1.165, 1.54) is 18.7 Å². The van der Waals surface area contributed by atoms with E-state index in [1.54, 1.807) is 4.90 Å². The summed E-state index contributed by atoms with van der Waals surface area (Å²) >= 11 is 0. The molecule has 0 saturated heterocycles. The lowest BCUT2D eigenvalue weighted by atomic mass is 10.2. The molecule has 2 heterocycles. The summed E-state index contributed by atoms with van der Waals surface area (Å²) in [7, 11) is 0. The molecule has 2 N–H and O–H groups in total. The second kappa shape index (κ2) is 6.00. The molecule has 106 valence electrons. The fourth-order valence-electron chi connectivity index (χ4n) is 1.75. The van der Waals surface area contributed by atoms with Gasteiger partial charge in [0.2, 0.25) is 0 Å². The predicted octanol–water partition coefficient (Wildman–Crippen LogP) is 1.13. The van der Waals surface area contributed by atoms with E-state index in [0.29, 0.717) is 13.1 Å². The standard InChI is InChI=1S/C12H15N5O3/c1-3-17(4-2)12(19)10-9(13-7-14-10)11(18)15-8-5-6-20-16-8/h5-7H,3-4H2,1-2H3,(H,13,14)(H,15,16,18). The van der Waals surface area contributed by atoms with Gasteiger partial charge in [0.25, 0.3) is 11.8 Å². The van der Waals surface area contributed by atoms with Gasteiger partial charge in [-0.25, -0.2) is 4.98 Å². The first-order chi connectivity index (χ1) is 9.67. The van der Waals surface area contributed by atoms with Crippen LogP contribution in [0.3, 0.4) is 0 Å². The van der Waals surface area contributed by atoms with Crippen molar-refractivity contribution in [3.63, 3.8) is 0 Å². The fourth-order valence-corrected chi connectivity index (χ4v) is 1.75. The Morgan fingerprint density at radius 3 is 2.75 bits per heavy atom. The molecule has 8 nitrogen and oxygen atoms in total. The van der Waals surface area contributed by atoms with Crippen molar-refractivity contribution in [3.8, 4) is 0 Å². The summed E-state index contributed by atoms with van der Waals surface area (Å²) in [5.41, 5.74) is 0.194. The van der Waals surface area contributed by atoms with Crippen molar-refractivity contribution < 1.29 is 14.1 Å². The molecule has 0 aliphatic heterocycles. The molecule has 0 saturated carbocycles. The van der Waals surface area contributed by atoms with Gasteiger partial charge in [-0.15, -0.1) is 0 Å². The summed E-state index contributed by atoms with van der Waals surface area (Å²) in [6.07, 6.45) is 2.65. The van der Waals surface area contributed by atoms with Crippen molar-refractivity contribution in [2.45, 2.75) is 13.8 Å². The summed E-state index contributed by atoms with van der Waals surface area (Å²) in [4.78, 5) is 32.5.